The fourth-order valence-electron chi connectivity index (χ4n) is 3.51. The van der Waals surface area contributed by atoms with Gasteiger partial charge in [-0.25, -0.2) is 4.99 Å². The number of nitrogens with zero attached hydrogens (tertiary/aromatic N) is 2. The van der Waals surface area contributed by atoms with Crippen LogP contribution in [-0.4, -0.2) is 56.4 Å². The van der Waals surface area contributed by atoms with Crippen molar-refractivity contribution in [3.05, 3.63) is 29.8 Å². The smallest absolute Gasteiger partial charge is 0.188 e. The second kappa shape index (κ2) is 10.4. The molecule has 3 N–H and O–H groups in total. The fourth-order valence-corrected chi connectivity index (χ4v) is 3.51. The first-order chi connectivity index (χ1) is 12.8. The summed E-state index contributed by atoms with van der Waals surface area (Å²) in [5, 5.41) is 3.21. The summed E-state index contributed by atoms with van der Waals surface area (Å²) >= 11 is 0. The molecule has 0 amide bonds. The number of hydrogen-bond acceptors (Lipinski definition) is 4. The summed E-state index contributed by atoms with van der Waals surface area (Å²) in [6, 6.07) is 8.15. The van der Waals surface area contributed by atoms with E-state index in [1.807, 2.05) is 18.2 Å². The first kappa shape index (κ1) is 19.0. The Morgan fingerprint density at radius 3 is 2.81 bits per heavy atom. The van der Waals surface area contributed by atoms with Gasteiger partial charge < -0.3 is 20.5 Å². The lowest BCUT2D eigenvalue weighted by Gasteiger charge is -2.26. The molecule has 3 rings (SSSR count). The molecule has 0 spiro atoms. The molecule has 6 nitrogen and oxygen atoms in total. The number of rotatable bonds is 8. The number of benzene rings is 1. The van der Waals surface area contributed by atoms with Crippen LogP contribution in [0.25, 0.3) is 0 Å². The van der Waals surface area contributed by atoms with Crippen LogP contribution in [0.5, 0.6) is 5.75 Å². The first-order valence-corrected chi connectivity index (χ1v) is 9.90. The van der Waals surface area contributed by atoms with E-state index in [-0.39, 0.29) is 0 Å². The molecule has 144 valence electrons. The summed E-state index contributed by atoms with van der Waals surface area (Å²) in [7, 11) is 0. The molecule has 1 aliphatic heterocycles. The Morgan fingerprint density at radius 2 is 2.00 bits per heavy atom. The van der Waals surface area contributed by atoms with E-state index in [0.29, 0.717) is 18.6 Å². The number of nitrogens with two attached hydrogens (primary N) is 1. The number of para-hydroxylation sites is 1. The summed E-state index contributed by atoms with van der Waals surface area (Å²) in [6.07, 6.45) is 6.27. The maximum atomic E-state index is 6.16. The van der Waals surface area contributed by atoms with Crippen molar-refractivity contribution in [1.82, 2.24) is 10.2 Å². The van der Waals surface area contributed by atoms with Gasteiger partial charge in [0.05, 0.1) is 25.9 Å². The van der Waals surface area contributed by atoms with Gasteiger partial charge in [-0.2, -0.15) is 0 Å². The quantitative estimate of drug-likeness (QED) is 0.422. The Bertz CT molecular complexity index is 567. The highest BCUT2D eigenvalue weighted by Gasteiger charge is 2.17. The van der Waals surface area contributed by atoms with E-state index < -0.39 is 0 Å². The van der Waals surface area contributed by atoms with Crippen LogP contribution >= 0.6 is 0 Å². The third kappa shape index (κ3) is 6.18. The predicted molar refractivity (Wildman–Crippen MR) is 105 cm³/mol. The molecule has 0 aromatic heterocycles. The van der Waals surface area contributed by atoms with E-state index >= 15 is 0 Å². The van der Waals surface area contributed by atoms with Gasteiger partial charge in [0.25, 0.3) is 0 Å². The van der Waals surface area contributed by atoms with Gasteiger partial charge in [-0.1, -0.05) is 18.2 Å². The van der Waals surface area contributed by atoms with Crippen molar-refractivity contribution in [3.8, 4) is 5.75 Å². The molecular weight excluding hydrogens is 328 g/mol. The summed E-state index contributed by atoms with van der Waals surface area (Å²) < 4.78 is 11.5. The van der Waals surface area contributed by atoms with Crippen LogP contribution in [0.2, 0.25) is 0 Å². The van der Waals surface area contributed by atoms with Crippen LogP contribution in [0.3, 0.4) is 0 Å². The van der Waals surface area contributed by atoms with E-state index in [9.17, 15) is 0 Å². The van der Waals surface area contributed by atoms with Crippen molar-refractivity contribution < 1.29 is 9.47 Å². The number of guanidine groups is 1. The molecule has 0 atom stereocenters. The second-order valence-corrected chi connectivity index (χ2v) is 7.07. The first-order valence-electron chi connectivity index (χ1n) is 9.90. The van der Waals surface area contributed by atoms with Crippen molar-refractivity contribution in [1.29, 1.82) is 0 Å². The van der Waals surface area contributed by atoms with Gasteiger partial charge >= 0.3 is 0 Å². The molecule has 0 radical (unpaired) electrons. The van der Waals surface area contributed by atoms with Gasteiger partial charge in [-0.15, -0.1) is 0 Å². The number of aliphatic imine (C=N–C) groups is 1. The minimum atomic E-state index is 0.357. The maximum absolute atomic E-state index is 6.16. The molecule has 26 heavy (non-hydrogen) atoms. The molecule has 1 saturated heterocycles. The maximum Gasteiger partial charge on any atom is 0.188 e. The predicted octanol–water partition coefficient (Wildman–Crippen LogP) is 2.13. The van der Waals surface area contributed by atoms with Crippen LogP contribution in [0.4, 0.5) is 0 Å². The summed E-state index contributed by atoms with van der Waals surface area (Å²) in [5.41, 5.74) is 7.11. The summed E-state index contributed by atoms with van der Waals surface area (Å²) in [5.74, 6) is 1.45. The van der Waals surface area contributed by atoms with E-state index in [0.717, 1.165) is 70.0 Å². The minimum Gasteiger partial charge on any atom is -0.490 e. The number of morpholine rings is 1. The molecule has 6 heteroatoms. The normalized spacial score (nSPS) is 19.6. The lowest BCUT2D eigenvalue weighted by atomic mass is 10.2. The Morgan fingerprint density at radius 1 is 1.23 bits per heavy atom. The lowest BCUT2D eigenvalue weighted by molar-refractivity contribution is 0.0376. The molecular formula is C20H32N4O2. The van der Waals surface area contributed by atoms with Crippen LogP contribution in [0.1, 0.15) is 37.7 Å². The lowest BCUT2D eigenvalue weighted by Crippen LogP contribution is -2.39. The SMILES string of the molecule is NC(=NCc1ccccc1OC1CCCC1)NCCCN1CCOCC1. The van der Waals surface area contributed by atoms with Crippen molar-refractivity contribution >= 4 is 5.96 Å². The van der Waals surface area contributed by atoms with Gasteiger partial charge in [0.1, 0.15) is 5.75 Å². The third-order valence-corrected chi connectivity index (χ3v) is 5.05. The van der Waals surface area contributed by atoms with Crippen LogP contribution in [0.15, 0.2) is 29.3 Å². The monoisotopic (exact) mass is 360 g/mol. The molecule has 1 heterocycles. The molecule has 1 aromatic rings. The van der Waals surface area contributed by atoms with E-state index in [1.165, 1.54) is 12.8 Å². The van der Waals surface area contributed by atoms with Crippen molar-refractivity contribution in [2.24, 2.45) is 10.7 Å². The van der Waals surface area contributed by atoms with Crippen LogP contribution < -0.4 is 15.8 Å². The number of nitrogens with one attached hydrogen (secondary N) is 1. The highest BCUT2D eigenvalue weighted by molar-refractivity contribution is 5.77. The Labute approximate surface area is 156 Å². The summed E-state index contributed by atoms with van der Waals surface area (Å²) in [4.78, 5) is 6.91. The van der Waals surface area contributed by atoms with Crippen molar-refractivity contribution in [2.75, 3.05) is 39.4 Å². The zero-order chi connectivity index (χ0) is 18.0. The highest BCUT2D eigenvalue weighted by atomic mass is 16.5. The average molecular weight is 361 g/mol. The van der Waals surface area contributed by atoms with E-state index in [4.69, 9.17) is 15.2 Å². The van der Waals surface area contributed by atoms with Gasteiger partial charge in [0.15, 0.2) is 5.96 Å². The van der Waals surface area contributed by atoms with E-state index in [1.54, 1.807) is 0 Å². The fraction of sp³-hybridized carbons (Fsp3) is 0.650. The van der Waals surface area contributed by atoms with Crippen LogP contribution in [0, 0.1) is 0 Å². The molecule has 2 aliphatic rings. The third-order valence-electron chi connectivity index (χ3n) is 5.05. The molecule has 2 fully saturated rings. The topological polar surface area (TPSA) is 72.1 Å². The van der Waals surface area contributed by atoms with Crippen molar-refractivity contribution in [3.63, 3.8) is 0 Å². The standard InChI is InChI=1S/C20H32N4O2/c21-20(22-10-5-11-24-12-14-25-15-13-24)23-16-17-6-1-4-9-19(17)26-18-7-2-3-8-18/h1,4,6,9,18H,2-3,5,7-8,10-16H2,(H3,21,22,23). The van der Waals surface area contributed by atoms with E-state index in [2.05, 4.69) is 21.3 Å². The Kier molecular flexibility index (Phi) is 7.58. The zero-order valence-corrected chi connectivity index (χ0v) is 15.7. The van der Waals surface area contributed by atoms with Gasteiger partial charge in [0, 0.05) is 25.2 Å². The van der Waals surface area contributed by atoms with Crippen molar-refractivity contribution in [2.45, 2.75) is 44.8 Å². The number of hydrogen-bond donors (Lipinski definition) is 2. The zero-order valence-electron chi connectivity index (χ0n) is 15.7. The molecule has 0 unspecified atom stereocenters. The van der Waals surface area contributed by atoms with Gasteiger partial charge in [0.2, 0.25) is 0 Å². The Hall–Kier alpha value is -1.79. The highest BCUT2D eigenvalue weighted by Crippen LogP contribution is 2.26. The molecule has 1 aliphatic carbocycles. The summed E-state index contributed by atoms with van der Waals surface area (Å²) in [6.45, 7) is 6.21. The number of ether oxygens (including phenoxy) is 2. The molecule has 1 aromatic carbocycles. The molecule has 1 saturated carbocycles. The second-order valence-electron chi connectivity index (χ2n) is 7.07. The minimum absolute atomic E-state index is 0.357. The van der Waals surface area contributed by atoms with Crippen LogP contribution in [-0.2, 0) is 11.3 Å². The average Bonchev–Trinajstić information content (AvgIpc) is 3.18. The Balaban J connectivity index is 1.40. The van der Waals surface area contributed by atoms with Gasteiger partial charge in [-0.3, -0.25) is 4.90 Å². The molecule has 0 bridgehead atoms. The van der Waals surface area contributed by atoms with Gasteiger partial charge in [-0.05, 0) is 44.7 Å². The largest absolute Gasteiger partial charge is 0.490 e.